The van der Waals surface area contributed by atoms with Crippen LogP contribution in [0.2, 0.25) is 0 Å². The second-order valence-corrected chi connectivity index (χ2v) is 7.22. The van der Waals surface area contributed by atoms with Crippen molar-refractivity contribution in [3.8, 4) is 0 Å². The summed E-state index contributed by atoms with van der Waals surface area (Å²) in [7, 11) is 0. The summed E-state index contributed by atoms with van der Waals surface area (Å²) in [5.74, 6) is 1.71. The molecule has 29 heavy (non-hydrogen) atoms. The van der Waals surface area contributed by atoms with Crippen LogP contribution >= 0.6 is 0 Å². The predicted molar refractivity (Wildman–Crippen MR) is 104 cm³/mol. The van der Waals surface area contributed by atoms with Crippen LogP contribution in [0.5, 0.6) is 0 Å². The molecule has 1 atom stereocenters. The van der Waals surface area contributed by atoms with Gasteiger partial charge in [0, 0.05) is 44.5 Å². The van der Waals surface area contributed by atoms with Gasteiger partial charge in [-0.3, -0.25) is 4.99 Å². The lowest BCUT2D eigenvalue weighted by molar-refractivity contribution is -0.137. The molecule has 1 aromatic carbocycles. The molecule has 2 amide bonds. The topological polar surface area (TPSA) is 63.5 Å². The molecular formula is C19H21F3N6O. The minimum absolute atomic E-state index is 0.125. The van der Waals surface area contributed by atoms with Gasteiger partial charge in [0.1, 0.15) is 11.7 Å². The Labute approximate surface area is 166 Å². The molecule has 1 unspecified atom stereocenters. The molecule has 0 radical (unpaired) electrons. The molecule has 0 saturated carbocycles. The number of halogens is 3. The first kappa shape index (κ1) is 19.3. The highest BCUT2D eigenvalue weighted by molar-refractivity contribution is 6.03. The van der Waals surface area contributed by atoms with Crippen molar-refractivity contribution in [2.45, 2.75) is 19.1 Å². The highest BCUT2D eigenvalue weighted by Crippen LogP contribution is 2.30. The number of nitrogens with zero attached hydrogens (tertiary/aromatic N) is 5. The average Bonchev–Trinajstić information content (AvgIpc) is 3.07. The number of carbonyl (C=O) groups is 1. The number of benzene rings is 1. The number of nitrogens with one attached hydrogen (secondary N) is 1. The maximum atomic E-state index is 12.8. The minimum Gasteiger partial charge on any atom is -0.353 e. The van der Waals surface area contributed by atoms with E-state index in [9.17, 15) is 18.0 Å². The second-order valence-electron chi connectivity index (χ2n) is 7.22. The molecule has 1 aromatic rings. The molecule has 0 bridgehead atoms. The largest absolute Gasteiger partial charge is 0.416 e. The molecule has 3 heterocycles. The van der Waals surface area contributed by atoms with E-state index in [1.807, 2.05) is 11.0 Å². The molecule has 1 N–H and O–H groups in total. The maximum absolute atomic E-state index is 12.8. The summed E-state index contributed by atoms with van der Waals surface area (Å²) in [5.41, 5.74) is -0.666. The van der Waals surface area contributed by atoms with Crippen LogP contribution in [0.1, 0.15) is 12.5 Å². The molecule has 3 aliphatic heterocycles. The van der Waals surface area contributed by atoms with E-state index in [1.165, 1.54) is 12.1 Å². The van der Waals surface area contributed by atoms with Gasteiger partial charge in [0.15, 0.2) is 0 Å². The van der Waals surface area contributed by atoms with Gasteiger partial charge in [-0.2, -0.15) is 13.2 Å². The van der Waals surface area contributed by atoms with Gasteiger partial charge in [-0.25, -0.2) is 9.79 Å². The van der Waals surface area contributed by atoms with Gasteiger partial charge >= 0.3 is 12.2 Å². The Balaban J connectivity index is 1.34. The molecule has 3 aliphatic rings. The number of urea groups is 1. The number of hydrogen-bond donors (Lipinski definition) is 1. The number of alkyl halides is 3. The van der Waals surface area contributed by atoms with Crippen LogP contribution in [0, 0.1) is 0 Å². The molecule has 10 heteroatoms. The Kier molecular flexibility index (Phi) is 4.93. The maximum Gasteiger partial charge on any atom is 0.416 e. The van der Waals surface area contributed by atoms with E-state index in [0.29, 0.717) is 26.2 Å². The van der Waals surface area contributed by atoms with E-state index in [1.54, 1.807) is 11.2 Å². The number of carbonyl (C=O) groups excluding carboxylic acids is 1. The van der Waals surface area contributed by atoms with Gasteiger partial charge in [0.2, 0.25) is 0 Å². The Morgan fingerprint density at radius 2 is 1.97 bits per heavy atom. The summed E-state index contributed by atoms with van der Waals surface area (Å²) in [6.45, 7) is 4.94. The Bertz CT molecular complexity index is 886. The number of amides is 2. The van der Waals surface area contributed by atoms with E-state index in [4.69, 9.17) is 0 Å². The number of amidine groups is 1. The van der Waals surface area contributed by atoms with Crippen molar-refractivity contribution in [2.24, 2.45) is 9.98 Å². The molecule has 0 spiro atoms. The number of aliphatic imine (C=N–C) groups is 2. The van der Waals surface area contributed by atoms with Crippen LogP contribution in [-0.2, 0) is 6.18 Å². The van der Waals surface area contributed by atoms with Gasteiger partial charge in [-0.1, -0.05) is 6.07 Å². The summed E-state index contributed by atoms with van der Waals surface area (Å²) >= 11 is 0. The zero-order chi connectivity index (χ0) is 20.6. The van der Waals surface area contributed by atoms with Crippen LogP contribution in [0.3, 0.4) is 0 Å². The van der Waals surface area contributed by atoms with Crippen LogP contribution < -0.4 is 5.32 Å². The van der Waals surface area contributed by atoms with E-state index < -0.39 is 17.8 Å². The third kappa shape index (κ3) is 4.20. The molecular weight excluding hydrogens is 385 g/mol. The average molecular weight is 406 g/mol. The van der Waals surface area contributed by atoms with Crippen molar-refractivity contribution in [3.05, 3.63) is 41.7 Å². The van der Waals surface area contributed by atoms with E-state index in [2.05, 4.69) is 27.1 Å². The first-order valence-electron chi connectivity index (χ1n) is 9.38. The van der Waals surface area contributed by atoms with Gasteiger partial charge in [0.25, 0.3) is 0 Å². The molecule has 1 saturated heterocycles. The highest BCUT2D eigenvalue weighted by atomic mass is 19.4. The summed E-state index contributed by atoms with van der Waals surface area (Å²) in [4.78, 5) is 27.2. The number of anilines is 1. The van der Waals surface area contributed by atoms with E-state index >= 15 is 0 Å². The zero-order valence-electron chi connectivity index (χ0n) is 15.9. The summed E-state index contributed by atoms with van der Waals surface area (Å²) < 4.78 is 38.5. The number of rotatable bonds is 2. The van der Waals surface area contributed by atoms with Crippen LogP contribution in [0.15, 0.2) is 46.1 Å². The first-order chi connectivity index (χ1) is 13.8. The lowest BCUT2D eigenvalue weighted by Crippen LogP contribution is -2.49. The lowest BCUT2D eigenvalue weighted by Gasteiger charge is -2.36. The summed E-state index contributed by atoms with van der Waals surface area (Å²) in [6.07, 6.45) is -0.718. The van der Waals surface area contributed by atoms with Gasteiger partial charge in [-0.15, -0.1) is 0 Å². The molecule has 0 aliphatic carbocycles. The Morgan fingerprint density at radius 1 is 1.21 bits per heavy atom. The summed E-state index contributed by atoms with van der Waals surface area (Å²) in [5, 5.41) is 2.55. The molecule has 7 nitrogen and oxygen atoms in total. The normalized spacial score (nSPS) is 21.7. The fraction of sp³-hybridized carbons (Fsp3) is 0.421. The molecule has 0 aromatic heterocycles. The van der Waals surface area contributed by atoms with Crippen molar-refractivity contribution < 1.29 is 18.0 Å². The molecule has 4 rings (SSSR count). The Hall–Kier alpha value is -3.04. The van der Waals surface area contributed by atoms with Crippen LogP contribution in [0.25, 0.3) is 0 Å². The first-order valence-corrected chi connectivity index (χ1v) is 9.38. The third-order valence-corrected chi connectivity index (χ3v) is 5.03. The highest BCUT2D eigenvalue weighted by Gasteiger charge is 2.31. The lowest BCUT2D eigenvalue weighted by atomic mass is 10.2. The molecule has 1 fully saturated rings. The van der Waals surface area contributed by atoms with Crippen LogP contribution in [0.4, 0.5) is 23.7 Å². The quantitative estimate of drug-likeness (QED) is 0.822. The monoisotopic (exact) mass is 406 g/mol. The second kappa shape index (κ2) is 7.41. The van der Waals surface area contributed by atoms with Gasteiger partial charge < -0.3 is 20.0 Å². The fourth-order valence-corrected chi connectivity index (χ4v) is 3.51. The van der Waals surface area contributed by atoms with E-state index in [-0.39, 0.29) is 11.7 Å². The Morgan fingerprint density at radius 3 is 2.69 bits per heavy atom. The van der Waals surface area contributed by atoms with Crippen molar-refractivity contribution in [3.63, 3.8) is 0 Å². The fourth-order valence-electron chi connectivity index (χ4n) is 3.51. The van der Waals surface area contributed by atoms with Crippen molar-refractivity contribution in [1.82, 2.24) is 14.7 Å². The minimum atomic E-state index is -4.45. The zero-order valence-corrected chi connectivity index (χ0v) is 15.9. The third-order valence-electron chi connectivity index (χ3n) is 5.03. The number of hydrogen-bond acceptors (Lipinski definition) is 5. The van der Waals surface area contributed by atoms with Gasteiger partial charge in [-0.05, 0) is 25.1 Å². The number of fused-ring (bicyclic) bond motifs is 1. The van der Waals surface area contributed by atoms with Gasteiger partial charge in [0.05, 0.1) is 17.9 Å². The molecule has 154 valence electrons. The summed E-state index contributed by atoms with van der Waals surface area (Å²) in [6, 6.07) is 4.46. The standard InChI is InChI=1S/C19H21F3N6O/c1-13-11-28-12-23-16(10-17(28)24-13)26-5-7-27(8-6-26)18(29)25-15-4-2-3-14(9-15)19(20,21)22/h2-4,9-10,12-13H,5-8,11H2,1H3,(H,25,29). The smallest absolute Gasteiger partial charge is 0.353 e. The van der Waals surface area contributed by atoms with Crippen molar-refractivity contribution in [1.29, 1.82) is 0 Å². The van der Waals surface area contributed by atoms with E-state index in [0.717, 1.165) is 30.3 Å². The van der Waals surface area contributed by atoms with Crippen molar-refractivity contribution >= 4 is 23.9 Å². The SMILES string of the molecule is CC1CN2C=NC(N3CCN(C(=O)Nc4cccc(C(F)(F)F)c4)CC3)=CC2=N1. The van der Waals surface area contributed by atoms with Crippen LogP contribution in [-0.4, -0.2) is 71.7 Å². The number of piperazine rings is 1. The predicted octanol–water partition coefficient (Wildman–Crippen LogP) is 2.84. The van der Waals surface area contributed by atoms with Crippen molar-refractivity contribution in [2.75, 3.05) is 38.0 Å².